The SMILES string of the molecule is C[C@H](OC(=O)Cc1cccc2ccccc12)C(=O)Nc1ccccc1C#N. The van der Waals surface area contributed by atoms with Crippen LogP contribution in [0.3, 0.4) is 0 Å². The molecule has 0 saturated carbocycles. The van der Waals surface area contributed by atoms with Gasteiger partial charge in [0.15, 0.2) is 6.10 Å². The second-order valence-corrected chi connectivity index (χ2v) is 6.09. The molecule has 0 radical (unpaired) electrons. The van der Waals surface area contributed by atoms with Gasteiger partial charge in [-0.25, -0.2) is 0 Å². The smallest absolute Gasteiger partial charge is 0.311 e. The number of hydrogen-bond donors (Lipinski definition) is 1. The van der Waals surface area contributed by atoms with E-state index in [2.05, 4.69) is 5.32 Å². The van der Waals surface area contributed by atoms with E-state index in [0.29, 0.717) is 11.3 Å². The Bertz CT molecular complexity index is 1030. The maximum atomic E-state index is 12.3. The molecule has 0 spiro atoms. The fourth-order valence-corrected chi connectivity index (χ4v) is 2.82. The molecule has 1 amide bonds. The lowest BCUT2D eigenvalue weighted by Crippen LogP contribution is -2.30. The van der Waals surface area contributed by atoms with Gasteiger partial charge >= 0.3 is 5.97 Å². The lowest BCUT2D eigenvalue weighted by Gasteiger charge is -2.14. The number of amides is 1. The minimum absolute atomic E-state index is 0.0771. The minimum atomic E-state index is -0.973. The maximum Gasteiger partial charge on any atom is 0.311 e. The molecule has 1 atom stereocenters. The van der Waals surface area contributed by atoms with Gasteiger partial charge in [0.1, 0.15) is 6.07 Å². The summed E-state index contributed by atoms with van der Waals surface area (Å²) in [5, 5.41) is 13.7. The van der Waals surface area contributed by atoms with Crippen molar-refractivity contribution in [2.75, 3.05) is 5.32 Å². The highest BCUT2D eigenvalue weighted by molar-refractivity contribution is 5.96. The third-order valence-corrected chi connectivity index (χ3v) is 4.20. The fourth-order valence-electron chi connectivity index (χ4n) is 2.82. The molecule has 1 N–H and O–H groups in total. The summed E-state index contributed by atoms with van der Waals surface area (Å²) in [4.78, 5) is 24.6. The summed E-state index contributed by atoms with van der Waals surface area (Å²) in [7, 11) is 0. The number of fused-ring (bicyclic) bond motifs is 1. The molecule has 0 saturated heterocycles. The predicted molar refractivity (Wildman–Crippen MR) is 103 cm³/mol. The topological polar surface area (TPSA) is 79.2 Å². The van der Waals surface area contributed by atoms with Crippen molar-refractivity contribution in [3.63, 3.8) is 0 Å². The minimum Gasteiger partial charge on any atom is -0.452 e. The molecule has 3 aromatic carbocycles. The van der Waals surface area contributed by atoms with Crippen molar-refractivity contribution < 1.29 is 14.3 Å². The van der Waals surface area contributed by atoms with Crippen LogP contribution in [0.25, 0.3) is 10.8 Å². The summed E-state index contributed by atoms with van der Waals surface area (Å²) in [5.41, 5.74) is 1.59. The van der Waals surface area contributed by atoms with E-state index < -0.39 is 18.0 Å². The summed E-state index contributed by atoms with van der Waals surface area (Å²) in [6.07, 6.45) is -0.896. The van der Waals surface area contributed by atoms with Gasteiger partial charge in [-0.15, -0.1) is 0 Å². The van der Waals surface area contributed by atoms with Gasteiger partial charge in [0.2, 0.25) is 0 Å². The van der Waals surface area contributed by atoms with Crippen LogP contribution in [0.5, 0.6) is 0 Å². The zero-order chi connectivity index (χ0) is 19.2. The first-order valence-electron chi connectivity index (χ1n) is 8.54. The molecule has 0 aliphatic heterocycles. The predicted octanol–water partition coefficient (Wildman–Crippen LogP) is 3.82. The Balaban J connectivity index is 1.65. The highest BCUT2D eigenvalue weighted by atomic mass is 16.5. The number of ether oxygens (including phenoxy) is 1. The Kier molecular flexibility index (Phi) is 5.48. The van der Waals surface area contributed by atoms with Gasteiger partial charge in [0.05, 0.1) is 17.7 Å². The Morgan fingerprint density at radius 3 is 2.56 bits per heavy atom. The number of esters is 1. The van der Waals surface area contributed by atoms with Crippen LogP contribution in [0.4, 0.5) is 5.69 Å². The fraction of sp³-hybridized carbons (Fsp3) is 0.136. The first kappa shape index (κ1) is 18.2. The summed E-state index contributed by atoms with van der Waals surface area (Å²) >= 11 is 0. The van der Waals surface area contributed by atoms with E-state index in [1.165, 1.54) is 6.92 Å². The van der Waals surface area contributed by atoms with Crippen LogP contribution in [-0.4, -0.2) is 18.0 Å². The number of carbonyl (C=O) groups excluding carboxylic acids is 2. The average Bonchev–Trinajstić information content (AvgIpc) is 2.68. The number of rotatable bonds is 5. The van der Waals surface area contributed by atoms with Crippen molar-refractivity contribution in [2.45, 2.75) is 19.4 Å². The van der Waals surface area contributed by atoms with Crippen LogP contribution in [0.1, 0.15) is 18.1 Å². The van der Waals surface area contributed by atoms with Gasteiger partial charge in [0.25, 0.3) is 5.91 Å². The van der Waals surface area contributed by atoms with Gasteiger partial charge in [-0.1, -0.05) is 54.6 Å². The standard InChI is InChI=1S/C22H18N2O3/c1-15(22(26)24-20-12-5-3-8-18(20)14-23)27-21(25)13-17-10-6-9-16-7-2-4-11-19(16)17/h2-12,15H,13H2,1H3,(H,24,26)/t15-/m0/s1. The molecule has 0 aromatic heterocycles. The number of benzene rings is 3. The number of nitrogens with one attached hydrogen (secondary N) is 1. The molecular weight excluding hydrogens is 340 g/mol. The van der Waals surface area contributed by atoms with E-state index in [4.69, 9.17) is 10.00 Å². The number of nitriles is 1. The van der Waals surface area contributed by atoms with Crippen LogP contribution in [-0.2, 0) is 20.7 Å². The van der Waals surface area contributed by atoms with Crippen molar-refractivity contribution in [3.8, 4) is 6.07 Å². The third-order valence-electron chi connectivity index (χ3n) is 4.20. The molecule has 134 valence electrons. The number of nitrogens with zero attached hydrogens (tertiary/aromatic N) is 1. The van der Waals surface area contributed by atoms with Crippen molar-refractivity contribution in [2.24, 2.45) is 0 Å². The third kappa shape index (κ3) is 4.31. The first-order chi connectivity index (χ1) is 13.1. The Morgan fingerprint density at radius 1 is 1.04 bits per heavy atom. The summed E-state index contributed by atoms with van der Waals surface area (Å²) in [5.74, 6) is -0.966. The largest absolute Gasteiger partial charge is 0.452 e. The van der Waals surface area contributed by atoms with Crippen molar-refractivity contribution >= 4 is 28.3 Å². The van der Waals surface area contributed by atoms with Crippen LogP contribution in [0, 0.1) is 11.3 Å². The monoisotopic (exact) mass is 358 g/mol. The number of anilines is 1. The molecule has 5 nitrogen and oxygen atoms in total. The zero-order valence-electron chi connectivity index (χ0n) is 14.8. The molecule has 0 bridgehead atoms. The van der Waals surface area contributed by atoms with E-state index in [1.807, 2.05) is 48.5 Å². The van der Waals surface area contributed by atoms with Gasteiger partial charge in [-0.2, -0.15) is 5.26 Å². The normalized spacial score (nSPS) is 11.4. The van der Waals surface area contributed by atoms with E-state index in [0.717, 1.165) is 16.3 Å². The van der Waals surface area contributed by atoms with Crippen molar-refractivity contribution in [1.82, 2.24) is 0 Å². The van der Waals surface area contributed by atoms with E-state index >= 15 is 0 Å². The summed E-state index contributed by atoms with van der Waals surface area (Å²) < 4.78 is 5.28. The summed E-state index contributed by atoms with van der Waals surface area (Å²) in [6, 6.07) is 22.2. The Hall–Kier alpha value is -3.65. The number of para-hydroxylation sites is 1. The van der Waals surface area contributed by atoms with Crippen LogP contribution in [0.2, 0.25) is 0 Å². The molecule has 0 unspecified atom stereocenters. The zero-order valence-corrected chi connectivity index (χ0v) is 14.8. The Labute approximate surface area is 157 Å². The lowest BCUT2D eigenvalue weighted by atomic mass is 10.0. The lowest BCUT2D eigenvalue weighted by molar-refractivity contribution is -0.152. The van der Waals surface area contributed by atoms with Crippen LogP contribution >= 0.6 is 0 Å². The highest BCUT2D eigenvalue weighted by Crippen LogP contribution is 2.19. The quantitative estimate of drug-likeness (QED) is 0.703. The van der Waals surface area contributed by atoms with E-state index in [-0.39, 0.29) is 6.42 Å². The van der Waals surface area contributed by atoms with Gasteiger partial charge in [-0.3, -0.25) is 9.59 Å². The first-order valence-corrected chi connectivity index (χ1v) is 8.54. The van der Waals surface area contributed by atoms with Crippen LogP contribution < -0.4 is 5.32 Å². The van der Waals surface area contributed by atoms with Crippen LogP contribution in [0.15, 0.2) is 66.7 Å². The van der Waals surface area contributed by atoms with Crippen molar-refractivity contribution in [3.05, 3.63) is 77.9 Å². The number of carbonyl (C=O) groups is 2. The molecule has 5 heteroatoms. The average molecular weight is 358 g/mol. The second kappa shape index (κ2) is 8.15. The highest BCUT2D eigenvalue weighted by Gasteiger charge is 2.19. The molecular formula is C22H18N2O3. The maximum absolute atomic E-state index is 12.3. The van der Waals surface area contributed by atoms with Gasteiger partial charge < -0.3 is 10.1 Å². The van der Waals surface area contributed by atoms with Crippen molar-refractivity contribution in [1.29, 1.82) is 5.26 Å². The van der Waals surface area contributed by atoms with E-state index in [1.54, 1.807) is 24.3 Å². The molecule has 0 heterocycles. The molecule has 0 aliphatic rings. The van der Waals surface area contributed by atoms with Gasteiger partial charge in [0, 0.05) is 0 Å². The molecule has 0 aliphatic carbocycles. The number of hydrogen-bond acceptors (Lipinski definition) is 4. The molecule has 0 fully saturated rings. The van der Waals surface area contributed by atoms with Gasteiger partial charge in [-0.05, 0) is 35.4 Å². The molecule has 27 heavy (non-hydrogen) atoms. The second-order valence-electron chi connectivity index (χ2n) is 6.09. The van der Waals surface area contributed by atoms with E-state index in [9.17, 15) is 9.59 Å². The summed E-state index contributed by atoms with van der Waals surface area (Å²) in [6.45, 7) is 1.51. The Morgan fingerprint density at radius 2 is 1.74 bits per heavy atom. The molecule has 3 aromatic rings. The molecule has 3 rings (SSSR count).